The molecular formula is C15H21NO3. The van der Waals surface area contributed by atoms with Crippen LogP contribution >= 0.6 is 0 Å². The number of nitrogens with one attached hydrogen (secondary N) is 1. The smallest absolute Gasteiger partial charge is 0.407 e. The van der Waals surface area contributed by atoms with E-state index in [2.05, 4.69) is 24.4 Å². The molecule has 0 spiro atoms. The number of carbonyl (C=O) groups excluding carboxylic acids is 1. The monoisotopic (exact) mass is 263 g/mol. The molecule has 2 rings (SSSR count). The summed E-state index contributed by atoms with van der Waals surface area (Å²) in [6, 6.07) is 10.1. The quantitative estimate of drug-likeness (QED) is 0.607. The van der Waals surface area contributed by atoms with E-state index in [-0.39, 0.29) is 18.2 Å². The summed E-state index contributed by atoms with van der Waals surface area (Å²) in [4.78, 5) is 11.7. The third-order valence-electron chi connectivity index (χ3n) is 3.14. The van der Waals surface area contributed by atoms with Crippen LogP contribution < -0.4 is 5.32 Å². The molecule has 1 unspecified atom stereocenters. The zero-order valence-electron chi connectivity index (χ0n) is 11.3. The van der Waals surface area contributed by atoms with Crippen molar-refractivity contribution in [2.45, 2.75) is 38.3 Å². The summed E-state index contributed by atoms with van der Waals surface area (Å²) in [5, 5.41) is 2.90. The normalized spacial score (nSPS) is 18.7. The molecule has 1 aliphatic rings. The molecule has 1 N–H and O–H groups in total. The lowest BCUT2D eigenvalue weighted by atomic mass is 10.0. The third kappa shape index (κ3) is 4.91. The van der Waals surface area contributed by atoms with Crippen molar-refractivity contribution in [3.8, 4) is 0 Å². The van der Waals surface area contributed by atoms with Crippen molar-refractivity contribution in [3.05, 3.63) is 35.9 Å². The highest BCUT2D eigenvalue weighted by atomic mass is 16.6. The van der Waals surface area contributed by atoms with Gasteiger partial charge in [-0.2, -0.15) is 0 Å². The van der Waals surface area contributed by atoms with E-state index in [9.17, 15) is 4.79 Å². The minimum Gasteiger partial charge on any atom is -0.450 e. The van der Waals surface area contributed by atoms with Gasteiger partial charge < -0.3 is 14.8 Å². The molecular weight excluding hydrogens is 242 g/mol. The maximum absolute atomic E-state index is 11.7. The molecule has 0 bridgehead atoms. The second-order valence-electron chi connectivity index (χ2n) is 4.80. The van der Waals surface area contributed by atoms with Crippen LogP contribution in [0.4, 0.5) is 4.79 Å². The standard InChI is InChI=1S/C15H21NO3/c1-2-3-9-18-15(17)16-13(14-11-19-14)10-12-7-5-4-6-8-12/h4-8,13-14H,2-3,9-11H2,1H3,(H,16,17)/t13-,14?/m0/s1. The molecule has 4 heteroatoms. The summed E-state index contributed by atoms with van der Waals surface area (Å²) in [7, 11) is 0. The van der Waals surface area contributed by atoms with Gasteiger partial charge >= 0.3 is 6.09 Å². The molecule has 1 aromatic rings. The maximum Gasteiger partial charge on any atom is 0.407 e. The zero-order chi connectivity index (χ0) is 13.5. The Hall–Kier alpha value is -1.55. The summed E-state index contributed by atoms with van der Waals surface area (Å²) in [5.74, 6) is 0. The van der Waals surface area contributed by atoms with Gasteiger partial charge in [-0.3, -0.25) is 0 Å². The van der Waals surface area contributed by atoms with Crippen molar-refractivity contribution in [2.24, 2.45) is 0 Å². The molecule has 104 valence electrons. The number of hydrogen-bond donors (Lipinski definition) is 1. The predicted molar refractivity (Wildman–Crippen MR) is 73.1 cm³/mol. The first-order valence-electron chi connectivity index (χ1n) is 6.88. The van der Waals surface area contributed by atoms with Crippen molar-refractivity contribution in [1.82, 2.24) is 5.32 Å². The summed E-state index contributed by atoms with van der Waals surface area (Å²) in [6.45, 7) is 3.26. The molecule has 1 amide bonds. The number of benzene rings is 1. The van der Waals surface area contributed by atoms with E-state index < -0.39 is 0 Å². The number of rotatable bonds is 7. The van der Waals surface area contributed by atoms with Gasteiger partial charge in [0.1, 0.15) is 6.10 Å². The van der Waals surface area contributed by atoms with E-state index in [1.807, 2.05) is 18.2 Å². The molecule has 0 aliphatic carbocycles. The van der Waals surface area contributed by atoms with Crippen molar-refractivity contribution in [2.75, 3.05) is 13.2 Å². The fourth-order valence-electron chi connectivity index (χ4n) is 1.93. The van der Waals surface area contributed by atoms with Crippen LogP contribution in [0.5, 0.6) is 0 Å². The molecule has 0 radical (unpaired) electrons. The Morgan fingerprint density at radius 2 is 2.21 bits per heavy atom. The van der Waals surface area contributed by atoms with Crippen molar-refractivity contribution < 1.29 is 14.3 Å². The first-order chi connectivity index (χ1) is 9.29. The topological polar surface area (TPSA) is 50.9 Å². The fourth-order valence-corrected chi connectivity index (χ4v) is 1.93. The van der Waals surface area contributed by atoms with Crippen LogP contribution in [0.15, 0.2) is 30.3 Å². The SMILES string of the molecule is CCCCOC(=O)N[C@@H](Cc1ccccc1)C1CO1. The van der Waals surface area contributed by atoms with Gasteiger partial charge in [-0.25, -0.2) is 4.79 Å². The van der Waals surface area contributed by atoms with Gasteiger partial charge in [-0.05, 0) is 18.4 Å². The Labute approximate surface area is 114 Å². The molecule has 4 nitrogen and oxygen atoms in total. The van der Waals surface area contributed by atoms with Crippen LogP contribution in [-0.2, 0) is 15.9 Å². The number of amides is 1. The minimum absolute atomic E-state index is 0.00322. The Kier molecular flexibility index (Phi) is 5.21. The first kappa shape index (κ1) is 13.9. The summed E-state index contributed by atoms with van der Waals surface area (Å²) in [5.41, 5.74) is 1.19. The molecule has 1 saturated heterocycles. The van der Waals surface area contributed by atoms with E-state index in [1.54, 1.807) is 0 Å². The molecule has 1 fully saturated rings. The Morgan fingerprint density at radius 3 is 2.84 bits per heavy atom. The average Bonchev–Trinajstić information content (AvgIpc) is 3.24. The third-order valence-corrected chi connectivity index (χ3v) is 3.14. The number of carbonyl (C=O) groups is 1. The number of alkyl carbamates (subject to hydrolysis) is 1. The zero-order valence-corrected chi connectivity index (χ0v) is 11.3. The highest BCUT2D eigenvalue weighted by molar-refractivity contribution is 5.67. The van der Waals surface area contributed by atoms with E-state index in [4.69, 9.17) is 9.47 Å². The molecule has 19 heavy (non-hydrogen) atoms. The van der Waals surface area contributed by atoms with Gasteiger partial charge in [0.2, 0.25) is 0 Å². The van der Waals surface area contributed by atoms with Crippen LogP contribution in [0.25, 0.3) is 0 Å². The van der Waals surface area contributed by atoms with E-state index in [0.29, 0.717) is 13.2 Å². The summed E-state index contributed by atoms with van der Waals surface area (Å²) >= 11 is 0. The van der Waals surface area contributed by atoms with Crippen LogP contribution in [0.3, 0.4) is 0 Å². The highest BCUT2D eigenvalue weighted by Gasteiger charge is 2.34. The van der Waals surface area contributed by atoms with Crippen LogP contribution in [0, 0.1) is 0 Å². The summed E-state index contributed by atoms with van der Waals surface area (Å²) in [6.07, 6.45) is 2.47. The molecule has 0 aromatic heterocycles. The number of unbranched alkanes of at least 4 members (excludes halogenated alkanes) is 1. The van der Waals surface area contributed by atoms with Gasteiger partial charge in [-0.15, -0.1) is 0 Å². The summed E-state index contributed by atoms with van der Waals surface area (Å²) < 4.78 is 10.4. The second kappa shape index (κ2) is 7.14. The van der Waals surface area contributed by atoms with Gasteiger partial charge in [0.25, 0.3) is 0 Å². The van der Waals surface area contributed by atoms with Gasteiger partial charge in [0, 0.05) is 0 Å². The van der Waals surface area contributed by atoms with Crippen LogP contribution in [-0.4, -0.2) is 31.5 Å². The maximum atomic E-state index is 11.7. The number of epoxide rings is 1. The lowest BCUT2D eigenvalue weighted by Gasteiger charge is -2.16. The van der Waals surface area contributed by atoms with Crippen molar-refractivity contribution >= 4 is 6.09 Å². The minimum atomic E-state index is -0.343. The van der Waals surface area contributed by atoms with E-state index >= 15 is 0 Å². The molecule has 2 atom stereocenters. The van der Waals surface area contributed by atoms with Crippen molar-refractivity contribution in [3.63, 3.8) is 0 Å². The average molecular weight is 263 g/mol. The number of hydrogen-bond acceptors (Lipinski definition) is 3. The molecule has 1 aliphatic heterocycles. The Balaban J connectivity index is 1.81. The lowest BCUT2D eigenvalue weighted by Crippen LogP contribution is -2.40. The largest absolute Gasteiger partial charge is 0.450 e. The lowest BCUT2D eigenvalue weighted by molar-refractivity contribution is 0.138. The highest BCUT2D eigenvalue weighted by Crippen LogP contribution is 2.18. The fraction of sp³-hybridized carbons (Fsp3) is 0.533. The molecule has 0 saturated carbocycles. The Morgan fingerprint density at radius 1 is 1.47 bits per heavy atom. The van der Waals surface area contributed by atoms with Gasteiger partial charge in [-0.1, -0.05) is 43.7 Å². The Bertz CT molecular complexity index is 390. The van der Waals surface area contributed by atoms with E-state index in [0.717, 1.165) is 19.3 Å². The second-order valence-corrected chi connectivity index (χ2v) is 4.80. The molecule has 1 aromatic carbocycles. The van der Waals surface area contributed by atoms with Crippen LogP contribution in [0.1, 0.15) is 25.3 Å². The van der Waals surface area contributed by atoms with Crippen LogP contribution in [0.2, 0.25) is 0 Å². The predicted octanol–water partition coefficient (Wildman–Crippen LogP) is 2.52. The first-order valence-corrected chi connectivity index (χ1v) is 6.88. The number of ether oxygens (including phenoxy) is 2. The van der Waals surface area contributed by atoms with Crippen molar-refractivity contribution in [1.29, 1.82) is 0 Å². The van der Waals surface area contributed by atoms with Gasteiger partial charge in [0.15, 0.2) is 0 Å². The van der Waals surface area contributed by atoms with Gasteiger partial charge in [0.05, 0.1) is 19.3 Å². The molecule has 1 heterocycles. The van der Waals surface area contributed by atoms with E-state index in [1.165, 1.54) is 5.56 Å².